The number of carboxylic acids is 1. The number of sulfonamides is 1. The molecule has 3 N–H and O–H groups in total. The Balaban J connectivity index is 1.93. The summed E-state index contributed by atoms with van der Waals surface area (Å²) >= 11 is 0. The number of Topliss-reactive ketones (excluding diaryl/α,β-unsaturated/α-hetero) is 1. The van der Waals surface area contributed by atoms with E-state index in [0.717, 1.165) is 6.08 Å². The van der Waals surface area contributed by atoms with Gasteiger partial charge in [-0.05, 0) is 23.8 Å². The van der Waals surface area contributed by atoms with Gasteiger partial charge in [0.05, 0.1) is 16.2 Å². The Kier molecular flexibility index (Phi) is 4.88. The molecule has 2 aromatic rings. The third-order valence-corrected chi connectivity index (χ3v) is 5.34. The Morgan fingerprint density at radius 1 is 1.11 bits per heavy atom. The van der Waals surface area contributed by atoms with E-state index < -0.39 is 38.4 Å². The van der Waals surface area contributed by atoms with Gasteiger partial charge in [-0.15, -0.1) is 0 Å². The SMILES string of the molecule is C[C@@H](C(=O)[O-])c1ccc(NC2=CC(=O)c3c(cccc3S(N)(=O)=O)C2=O)cc1. The Morgan fingerprint density at radius 3 is 2.32 bits per heavy atom. The van der Waals surface area contributed by atoms with Crippen molar-refractivity contribution in [1.82, 2.24) is 0 Å². The third-order valence-electron chi connectivity index (χ3n) is 4.39. The zero-order valence-corrected chi connectivity index (χ0v) is 15.4. The number of aliphatic carboxylic acids is 1. The lowest BCUT2D eigenvalue weighted by Gasteiger charge is -2.19. The van der Waals surface area contributed by atoms with Crippen LogP contribution in [0.3, 0.4) is 0 Å². The number of hydrogen-bond acceptors (Lipinski definition) is 7. The molecule has 0 fully saturated rings. The third kappa shape index (κ3) is 3.57. The molecule has 3 rings (SSSR count). The Bertz CT molecular complexity index is 1130. The van der Waals surface area contributed by atoms with Gasteiger partial charge < -0.3 is 15.2 Å². The van der Waals surface area contributed by atoms with E-state index in [2.05, 4.69) is 5.32 Å². The summed E-state index contributed by atoms with van der Waals surface area (Å²) in [6.07, 6.45) is 1.01. The van der Waals surface area contributed by atoms with Gasteiger partial charge in [0.25, 0.3) is 0 Å². The number of benzene rings is 2. The Hall–Kier alpha value is -3.30. The maximum atomic E-state index is 12.7. The molecule has 1 aliphatic rings. The standard InChI is InChI=1S/C19H16N2O6S/c1-10(19(24)25)11-5-7-12(8-6-11)21-14-9-15(22)17-13(18(14)23)3-2-4-16(17)28(20,26)27/h2-10,21H,1H3,(H,24,25)(H2,20,26,27)/p-1/t10-/m1/s1. The van der Waals surface area contributed by atoms with Crippen LogP contribution in [-0.4, -0.2) is 26.0 Å². The number of ketones is 2. The van der Waals surface area contributed by atoms with Crippen molar-refractivity contribution in [2.24, 2.45) is 5.14 Å². The minimum Gasteiger partial charge on any atom is -0.550 e. The molecule has 0 saturated heterocycles. The number of hydrogen-bond donors (Lipinski definition) is 2. The number of anilines is 1. The van der Waals surface area contributed by atoms with E-state index in [1.54, 1.807) is 24.3 Å². The summed E-state index contributed by atoms with van der Waals surface area (Å²) in [6, 6.07) is 10.1. The second-order valence-electron chi connectivity index (χ2n) is 6.26. The van der Waals surface area contributed by atoms with Gasteiger partial charge in [0, 0.05) is 29.2 Å². The van der Waals surface area contributed by atoms with Crippen LogP contribution in [-0.2, 0) is 14.8 Å². The van der Waals surface area contributed by atoms with Crippen LogP contribution in [0.25, 0.3) is 0 Å². The Morgan fingerprint density at radius 2 is 1.75 bits per heavy atom. The maximum Gasteiger partial charge on any atom is 0.238 e. The van der Waals surface area contributed by atoms with Crippen molar-refractivity contribution in [3.8, 4) is 0 Å². The topological polar surface area (TPSA) is 146 Å². The first-order valence-electron chi connectivity index (χ1n) is 8.14. The summed E-state index contributed by atoms with van der Waals surface area (Å²) in [5.74, 6) is -3.23. The molecular weight excluding hydrogens is 384 g/mol. The first-order valence-corrected chi connectivity index (χ1v) is 9.68. The summed E-state index contributed by atoms with van der Waals surface area (Å²) in [6.45, 7) is 1.49. The number of primary sulfonamides is 1. The normalized spacial score (nSPS) is 14.9. The summed E-state index contributed by atoms with van der Waals surface area (Å²) in [7, 11) is -4.17. The van der Waals surface area contributed by atoms with Crippen LogP contribution in [0.5, 0.6) is 0 Å². The van der Waals surface area contributed by atoms with Gasteiger partial charge >= 0.3 is 0 Å². The lowest BCUT2D eigenvalue weighted by molar-refractivity contribution is -0.307. The molecule has 144 valence electrons. The van der Waals surface area contributed by atoms with Crippen LogP contribution in [0.15, 0.2) is 59.1 Å². The first-order chi connectivity index (χ1) is 13.1. The van der Waals surface area contributed by atoms with E-state index in [1.165, 1.54) is 25.1 Å². The summed E-state index contributed by atoms with van der Waals surface area (Å²) < 4.78 is 23.4. The van der Waals surface area contributed by atoms with Crippen molar-refractivity contribution in [3.05, 3.63) is 70.9 Å². The van der Waals surface area contributed by atoms with Crippen LogP contribution in [0.4, 0.5) is 5.69 Å². The second-order valence-corrected chi connectivity index (χ2v) is 7.79. The lowest BCUT2D eigenvalue weighted by atomic mass is 9.92. The number of nitrogens with two attached hydrogens (primary N) is 1. The van der Waals surface area contributed by atoms with E-state index in [4.69, 9.17) is 5.14 Å². The number of carbonyl (C=O) groups excluding carboxylic acids is 3. The molecule has 28 heavy (non-hydrogen) atoms. The number of fused-ring (bicyclic) bond motifs is 1. The van der Waals surface area contributed by atoms with E-state index in [-0.39, 0.29) is 16.8 Å². The second kappa shape index (κ2) is 7.02. The smallest absolute Gasteiger partial charge is 0.238 e. The van der Waals surface area contributed by atoms with E-state index >= 15 is 0 Å². The predicted octanol–water partition coefficient (Wildman–Crippen LogP) is 0.562. The molecule has 0 aliphatic heterocycles. The summed E-state index contributed by atoms with van der Waals surface area (Å²) in [4.78, 5) is 35.7. The fourth-order valence-corrected chi connectivity index (χ4v) is 3.63. The zero-order valence-electron chi connectivity index (χ0n) is 14.6. The molecule has 1 atom stereocenters. The molecule has 0 radical (unpaired) electrons. The van der Waals surface area contributed by atoms with Gasteiger partial charge in [-0.25, -0.2) is 13.6 Å². The maximum absolute atomic E-state index is 12.7. The Labute approximate surface area is 160 Å². The minimum atomic E-state index is -4.17. The van der Waals surface area contributed by atoms with Gasteiger partial charge in [-0.3, -0.25) is 9.59 Å². The fourth-order valence-electron chi connectivity index (χ4n) is 2.87. The largest absolute Gasteiger partial charge is 0.550 e. The highest BCUT2D eigenvalue weighted by Gasteiger charge is 2.30. The highest BCUT2D eigenvalue weighted by Crippen LogP contribution is 2.28. The number of nitrogens with one attached hydrogen (secondary N) is 1. The number of carbonyl (C=O) groups is 3. The van der Waals surface area contributed by atoms with Crippen molar-refractivity contribution in [1.29, 1.82) is 0 Å². The molecule has 0 amide bonds. The number of rotatable bonds is 5. The van der Waals surface area contributed by atoms with Crippen molar-refractivity contribution in [2.45, 2.75) is 17.7 Å². The van der Waals surface area contributed by atoms with E-state index in [9.17, 15) is 27.9 Å². The predicted molar refractivity (Wildman–Crippen MR) is 98.0 cm³/mol. The van der Waals surface area contributed by atoms with Crippen molar-refractivity contribution >= 4 is 33.2 Å². The molecule has 0 saturated carbocycles. The van der Waals surface area contributed by atoms with Gasteiger partial charge in [0.1, 0.15) is 0 Å². The highest BCUT2D eigenvalue weighted by molar-refractivity contribution is 7.89. The highest BCUT2D eigenvalue weighted by atomic mass is 32.2. The minimum absolute atomic E-state index is 0.0373. The molecule has 0 aromatic heterocycles. The van der Waals surface area contributed by atoms with Crippen molar-refractivity contribution < 1.29 is 27.9 Å². The quantitative estimate of drug-likeness (QED) is 0.747. The van der Waals surface area contributed by atoms with Gasteiger partial charge in [-0.1, -0.05) is 31.2 Å². The average Bonchev–Trinajstić information content (AvgIpc) is 2.64. The molecule has 9 heteroatoms. The van der Waals surface area contributed by atoms with Crippen LogP contribution < -0.4 is 15.6 Å². The fraction of sp³-hybridized carbons (Fsp3) is 0.105. The molecule has 0 bridgehead atoms. The lowest BCUT2D eigenvalue weighted by Crippen LogP contribution is -2.28. The molecule has 0 unspecified atom stereocenters. The average molecular weight is 399 g/mol. The van der Waals surface area contributed by atoms with Gasteiger partial charge in [-0.2, -0.15) is 0 Å². The molecule has 2 aromatic carbocycles. The number of carboxylic acid groups (broad SMARTS) is 1. The van der Waals surface area contributed by atoms with E-state index in [0.29, 0.717) is 11.3 Å². The van der Waals surface area contributed by atoms with Crippen LogP contribution >= 0.6 is 0 Å². The zero-order chi connectivity index (χ0) is 20.6. The van der Waals surface area contributed by atoms with Crippen molar-refractivity contribution in [2.75, 3.05) is 5.32 Å². The first kappa shape index (κ1) is 19.5. The van der Waals surface area contributed by atoms with Crippen molar-refractivity contribution in [3.63, 3.8) is 0 Å². The summed E-state index contributed by atoms with van der Waals surface area (Å²) in [5.41, 5.74) is 0.619. The monoisotopic (exact) mass is 399 g/mol. The van der Waals surface area contributed by atoms with Crippen LogP contribution in [0.1, 0.15) is 39.1 Å². The van der Waals surface area contributed by atoms with Crippen LogP contribution in [0, 0.1) is 0 Å². The van der Waals surface area contributed by atoms with Gasteiger partial charge in [0.2, 0.25) is 15.8 Å². The number of allylic oxidation sites excluding steroid dienone is 2. The molecule has 8 nitrogen and oxygen atoms in total. The summed E-state index contributed by atoms with van der Waals surface area (Å²) in [5, 5.41) is 18.9. The van der Waals surface area contributed by atoms with Crippen LogP contribution in [0.2, 0.25) is 0 Å². The molecule has 1 aliphatic carbocycles. The molecular formula is C19H15N2O6S-. The van der Waals surface area contributed by atoms with Gasteiger partial charge in [0.15, 0.2) is 5.78 Å². The molecule has 0 spiro atoms. The van der Waals surface area contributed by atoms with E-state index in [1.807, 2.05) is 0 Å². The molecule has 0 heterocycles.